The number of hydrogen-bond donors (Lipinski definition) is 1. The van der Waals surface area contributed by atoms with E-state index in [1.807, 2.05) is 13.1 Å². The van der Waals surface area contributed by atoms with E-state index < -0.39 is 10.0 Å². The number of halogens is 2. The number of rotatable bonds is 6. The molecule has 1 N–H and O–H groups in total. The zero-order valence-electron chi connectivity index (χ0n) is 11.4. The maximum absolute atomic E-state index is 12.1. The average molecular weight is 348 g/mol. The van der Waals surface area contributed by atoms with Crippen molar-refractivity contribution in [2.24, 2.45) is 0 Å². The zero-order valence-corrected chi connectivity index (χ0v) is 13.7. The van der Waals surface area contributed by atoms with Gasteiger partial charge in [-0.3, -0.25) is 4.68 Å². The summed E-state index contributed by atoms with van der Waals surface area (Å²) in [6.07, 6.45) is 4.29. The number of hydrogen-bond acceptors (Lipinski definition) is 3. The molecule has 0 bridgehead atoms. The molecular formula is C13H15Cl2N3O2S. The van der Waals surface area contributed by atoms with Crippen LogP contribution in [0.1, 0.15) is 12.0 Å². The fraction of sp³-hybridized carbons (Fsp3) is 0.308. The number of nitrogens with one attached hydrogen (secondary N) is 1. The fourth-order valence-corrected chi connectivity index (χ4v) is 3.63. The maximum atomic E-state index is 12.1. The molecule has 1 heterocycles. The van der Waals surface area contributed by atoms with E-state index in [4.69, 9.17) is 23.2 Å². The van der Waals surface area contributed by atoms with Gasteiger partial charge < -0.3 is 0 Å². The summed E-state index contributed by atoms with van der Waals surface area (Å²) in [6, 6.07) is 4.34. The molecule has 0 aliphatic heterocycles. The molecule has 2 aromatic rings. The van der Waals surface area contributed by atoms with E-state index >= 15 is 0 Å². The molecule has 2 rings (SSSR count). The molecule has 0 fully saturated rings. The van der Waals surface area contributed by atoms with Gasteiger partial charge in [0, 0.05) is 24.3 Å². The quantitative estimate of drug-likeness (QED) is 0.817. The molecule has 0 spiro atoms. The summed E-state index contributed by atoms with van der Waals surface area (Å²) in [6.45, 7) is 2.89. The van der Waals surface area contributed by atoms with Gasteiger partial charge in [0.2, 0.25) is 10.0 Å². The Balaban J connectivity index is 1.94. The van der Waals surface area contributed by atoms with Crippen molar-refractivity contribution in [2.75, 3.05) is 6.54 Å². The predicted octanol–water partition coefficient (Wildman–Crippen LogP) is 2.87. The van der Waals surface area contributed by atoms with Crippen LogP contribution in [0.5, 0.6) is 0 Å². The minimum atomic E-state index is -3.66. The van der Waals surface area contributed by atoms with E-state index in [1.54, 1.807) is 16.9 Å². The van der Waals surface area contributed by atoms with Crippen LogP contribution in [0.2, 0.25) is 10.0 Å². The Bertz CT molecular complexity index is 729. The lowest BCUT2D eigenvalue weighted by molar-refractivity contribution is 0.553. The molecule has 1 aromatic carbocycles. The second-order valence-corrected chi connectivity index (χ2v) is 7.19. The van der Waals surface area contributed by atoms with Crippen LogP contribution in [0.25, 0.3) is 0 Å². The van der Waals surface area contributed by atoms with Gasteiger partial charge in [-0.15, -0.1) is 0 Å². The predicted molar refractivity (Wildman–Crippen MR) is 83.2 cm³/mol. The number of aryl methyl sites for hydroxylation is 2. The lowest BCUT2D eigenvalue weighted by Crippen LogP contribution is -2.26. The topological polar surface area (TPSA) is 64.0 Å². The van der Waals surface area contributed by atoms with Crippen LogP contribution < -0.4 is 4.72 Å². The highest BCUT2D eigenvalue weighted by Crippen LogP contribution is 2.24. The average Bonchev–Trinajstić information content (AvgIpc) is 2.83. The molecule has 0 amide bonds. The van der Waals surface area contributed by atoms with Crippen molar-refractivity contribution >= 4 is 33.2 Å². The van der Waals surface area contributed by atoms with Crippen molar-refractivity contribution in [1.82, 2.24) is 14.5 Å². The molecule has 0 saturated heterocycles. The first-order valence-corrected chi connectivity index (χ1v) is 8.56. The normalized spacial score (nSPS) is 11.8. The van der Waals surface area contributed by atoms with Crippen molar-refractivity contribution in [3.8, 4) is 0 Å². The van der Waals surface area contributed by atoms with Gasteiger partial charge >= 0.3 is 0 Å². The summed E-state index contributed by atoms with van der Waals surface area (Å²) in [7, 11) is -3.66. The van der Waals surface area contributed by atoms with Gasteiger partial charge in [-0.2, -0.15) is 5.10 Å². The van der Waals surface area contributed by atoms with Crippen LogP contribution in [0, 0.1) is 6.92 Å². The largest absolute Gasteiger partial charge is 0.272 e. The Morgan fingerprint density at radius 2 is 2.10 bits per heavy atom. The molecule has 21 heavy (non-hydrogen) atoms. The third-order valence-corrected chi connectivity index (χ3v) is 4.98. The summed E-state index contributed by atoms with van der Waals surface area (Å²) < 4.78 is 28.6. The molecule has 0 unspecified atom stereocenters. The highest BCUT2D eigenvalue weighted by atomic mass is 35.5. The van der Waals surface area contributed by atoms with E-state index in [1.165, 1.54) is 12.1 Å². The second kappa shape index (κ2) is 6.79. The molecular weight excluding hydrogens is 333 g/mol. The molecule has 0 saturated carbocycles. The van der Waals surface area contributed by atoms with Gasteiger partial charge in [0.25, 0.3) is 0 Å². The SMILES string of the molecule is Cc1cnn(CCCNS(=O)(=O)c2cc(Cl)ccc2Cl)c1. The van der Waals surface area contributed by atoms with E-state index in [-0.39, 0.29) is 9.92 Å². The van der Waals surface area contributed by atoms with Crippen molar-refractivity contribution in [2.45, 2.75) is 24.8 Å². The summed E-state index contributed by atoms with van der Waals surface area (Å²) in [5, 5.41) is 4.61. The van der Waals surface area contributed by atoms with Crippen LogP contribution in [0.15, 0.2) is 35.5 Å². The lowest BCUT2D eigenvalue weighted by Gasteiger charge is -2.08. The first-order valence-electron chi connectivity index (χ1n) is 6.32. The lowest BCUT2D eigenvalue weighted by atomic mass is 10.4. The molecule has 0 aliphatic rings. The standard InChI is InChI=1S/C13H15Cl2N3O2S/c1-10-8-16-18(9-10)6-2-5-17-21(19,20)13-7-11(14)3-4-12(13)15/h3-4,7-9,17H,2,5-6H2,1H3. The van der Waals surface area contributed by atoms with Gasteiger partial charge in [0.15, 0.2) is 0 Å². The first kappa shape index (κ1) is 16.3. The van der Waals surface area contributed by atoms with Crippen LogP contribution in [-0.2, 0) is 16.6 Å². The number of benzene rings is 1. The number of aromatic nitrogens is 2. The first-order chi connectivity index (χ1) is 9.88. The monoisotopic (exact) mass is 347 g/mol. The third-order valence-electron chi connectivity index (χ3n) is 2.80. The smallest absolute Gasteiger partial charge is 0.242 e. The van der Waals surface area contributed by atoms with Crippen LogP contribution in [0.3, 0.4) is 0 Å². The van der Waals surface area contributed by atoms with Crippen LogP contribution in [0.4, 0.5) is 0 Å². The Kier molecular flexibility index (Phi) is 5.27. The number of sulfonamides is 1. The fourth-order valence-electron chi connectivity index (χ4n) is 1.80. The molecule has 0 radical (unpaired) electrons. The molecule has 0 aliphatic carbocycles. The molecule has 8 heteroatoms. The summed E-state index contributed by atoms with van der Waals surface area (Å²) in [4.78, 5) is -0.00778. The van der Waals surface area contributed by atoms with Gasteiger partial charge in [0.1, 0.15) is 4.90 Å². The van der Waals surface area contributed by atoms with E-state index in [0.29, 0.717) is 24.5 Å². The van der Waals surface area contributed by atoms with Gasteiger partial charge in [-0.1, -0.05) is 23.2 Å². The Labute approximate surface area is 133 Å². The Hall–Kier alpha value is -1.08. The van der Waals surface area contributed by atoms with E-state index in [2.05, 4.69) is 9.82 Å². The van der Waals surface area contributed by atoms with Crippen LogP contribution >= 0.6 is 23.2 Å². The Morgan fingerprint density at radius 3 is 2.76 bits per heavy atom. The summed E-state index contributed by atoms with van der Waals surface area (Å²) >= 11 is 11.7. The van der Waals surface area contributed by atoms with Gasteiger partial charge in [-0.25, -0.2) is 13.1 Å². The second-order valence-electron chi connectivity index (χ2n) is 4.61. The zero-order chi connectivity index (χ0) is 15.5. The van der Waals surface area contributed by atoms with Gasteiger partial charge in [-0.05, 0) is 37.1 Å². The summed E-state index contributed by atoms with van der Waals surface area (Å²) in [5.41, 5.74) is 1.07. The maximum Gasteiger partial charge on any atom is 0.242 e. The highest BCUT2D eigenvalue weighted by Gasteiger charge is 2.17. The minimum absolute atomic E-state index is 0.00778. The van der Waals surface area contributed by atoms with Crippen LogP contribution in [-0.4, -0.2) is 24.7 Å². The van der Waals surface area contributed by atoms with Crippen molar-refractivity contribution in [1.29, 1.82) is 0 Å². The van der Waals surface area contributed by atoms with Gasteiger partial charge in [0.05, 0.1) is 11.2 Å². The minimum Gasteiger partial charge on any atom is -0.272 e. The third kappa shape index (κ3) is 4.44. The Morgan fingerprint density at radius 1 is 1.33 bits per heavy atom. The molecule has 1 aromatic heterocycles. The number of nitrogens with zero attached hydrogens (tertiary/aromatic N) is 2. The molecule has 0 atom stereocenters. The van der Waals surface area contributed by atoms with E-state index in [0.717, 1.165) is 5.56 Å². The van der Waals surface area contributed by atoms with Crippen molar-refractivity contribution in [3.63, 3.8) is 0 Å². The van der Waals surface area contributed by atoms with E-state index in [9.17, 15) is 8.42 Å². The van der Waals surface area contributed by atoms with Crippen molar-refractivity contribution < 1.29 is 8.42 Å². The van der Waals surface area contributed by atoms with Crippen molar-refractivity contribution in [3.05, 3.63) is 46.2 Å². The summed E-state index contributed by atoms with van der Waals surface area (Å²) in [5.74, 6) is 0. The molecule has 114 valence electrons. The molecule has 5 nitrogen and oxygen atoms in total. The highest BCUT2D eigenvalue weighted by molar-refractivity contribution is 7.89.